The summed E-state index contributed by atoms with van der Waals surface area (Å²) in [7, 11) is 2.11. The second-order valence-electron chi connectivity index (χ2n) is 2.75. The standard InChI is InChI=1S/C7H16N3/c1-9-4-6-10(3-2-8)7-5-9/h4H,2-3,5-8H2,1H3/q+1. The minimum absolute atomic E-state index is 0.775. The predicted octanol–water partition coefficient (Wildman–Crippen LogP) is -1.03. The summed E-state index contributed by atoms with van der Waals surface area (Å²) < 4.78 is 2.23. The number of nitrogens with zero attached hydrogens (tertiary/aromatic N) is 2. The van der Waals surface area contributed by atoms with Gasteiger partial charge in [0.1, 0.15) is 7.05 Å². The van der Waals surface area contributed by atoms with Crippen molar-refractivity contribution in [2.45, 2.75) is 0 Å². The van der Waals surface area contributed by atoms with Crippen LogP contribution in [0.25, 0.3) is 0 Å². The molecule has 0 fully saturated rings. The van der Waals surface area contributed by atoms with Crippen LogP contribution in [0.15, 0.2) is 0 Å². The Labute approximate surface area is 62.1 Å². The molecule has 1 aliphatic rings. The van der Waals surface area contributed by atoms with Crippen molar-refractivity contribution in [2.75, 3.05) is 39.8 Å². The molecule has 1 aliphatic heterocycles. The van der Waals surface area contributed by atoms with Crippen molar-refractivity contribution < 1.29 is 4.58 Å². The lowest BCUT2D eigenvalue weighted by Crippen LogP contribution is -2.40. The second-order valence-corrected chi connectivity index (χ2v) is 2.75. The van der Waals surface area contributed by atoms with Crippen molar-refractivity contribution in [3.8, 4) is 0 Å². The monoisotopic (exact) mass is 142 g/mol. The summed E-state index contributed by atoms with van der Waals surface area (Å²) in [5.41, 5.74) is 5.42. The van der Waals surface area contributed by atoms with Crippen molar-refractivity contribution in [1.82, 2.24) is 4.90 Å². The fraction of sp³-hybridized carbons (Fsp3) is 0.857. The van der Waals surface area contributed by atoms with Crippen LogP contribution >= 0.6 is 0 Å². The number of hydrogen-bond acceptors (Lipinski definition) is 2. The largest absolute Gasteiger partial charge is 0.329 e. The zero-order valence-corrected chi connectivity index (χ0v) is 6.58. The first kappa shape index (κ1) is 7.69. The molecule has 0 aliphatic carbocycles. The van der Waals surface area contributed by atoms with Crippen molar-refractivity contribution in [1.29, 1.82) is 0 Å². The maximum atomic E-state index is 5.42. The highest BCUT2D eigenvalue weighted by atomic mass is 15.2. The molecule has 3 nitrogen and oxygen atoms in total. The molecule has 0 spiro atoms. The maximum Gasteiger partial charge on any atom is 0.154 e. The van der Waals surface area contributed by atoms with Gasteiger partial charge in [0.25, 0.3) is 0 Å². The van der Waals surface area contributed by atoms with E-state index in [4.69, 9.17) is 5.73 Å². The third-order valence-corrected chi connectivity index (χ3v) is 1.87. The molecule has 3 heteroatoms. The highest BCUT2D eigenvalue weighted by Crippen LogP contribution is 1.89. The summed E-state index contributed by atoms with van der Waals surface area (Å²) in [4.78, 5) is 2.36. The van der Waals surface area contributed by atoms with E-state index in [1.807, 2.05) is 0 Å². The smallest absolute Gasteiger partial charge is 0.154 e. The Kier molecular flexibility index (Phi) is 2.83. The molecule has 10 heavy (non-hydrogen) atoms. The zero-order valence-electron chi connectivity index (χ0n) is 6.58. The molecule has 0 unspecified atom stereocenters. The Morgan fingerprint density at radius 3 is 3.00 bits per heavy atom. The van der Waals surface area contributed by atoms with Crippen molar-refractivity contribution in [2.24, 2.45) is 5.73 Å². The van der Waals surface area contributed by atoms with E-state index in [9.17, 15) is 0 Å². The number of rotatable bonds is 2. The summed E-state index contributed by atoms with van der Waals surface area (Å²) in [5.74, 6) is 0. The molecule has 0 atom stereocenters. The van der Waals surface area contributed by atoms with Gasteiger partial charge < -0.3 is 5.73 Å². The molecule has 0 saturated carbocycles. The fourth-order valence-corrected chi connectivity index (χ4v) is 1.12. The summed E-state index contributed by atoms with van der Waals surface area (Å²) in [6.45, 7) is 5.17. The van der Waals surface area contributed by atoms with Crippen molar-refractivity contribution >= 4 is 6.21 Å². The van der Waals surface area contributed by atoms with Crippen LogP contribution in [-0.4, -0.2) is 55.5 Å². The lowest BCUT2D eigenvalue weighted by atomic mass is 10.4. The van der Waals surface area contributed by atoms with Crippen molar-refractivity contribution in [3.63, 3.8) is 0 Å². The van der Waals surface area contributed by atoms with Crippen LogP contribution in [0.4, 0.5) is 0 Å². The molecule has 0 radical (unpaired) electrons. The summed E-state index contributed by atoms with van der Waals surface area (Å²) in [6.07, 6.45) is 2.21. The van der Waals surface area contributed by atoms with Crippen LogP contribution < -0.4 is 5.73 Å². The molecule has 58 valence electrons. The molecule has 0 aromatic carbocycles. The average molecular weight is 142 g/mol. The minimum atomic E-state index is 0.775. The quantitative estimate of drug-likeness (QED) is 0.500. The van der Waals surface area contributed by atoms with E-state index in [0.29, 0.717) is 0 Å². The second kappa shape index (κ2) is 3.68. The highest BCUT2D eigenvalue weighted by Gasteiger charge is 2.11. The highest BCUT2D eigenvalue weighted by molar-refractivity contribution is 5.54. The normalized spacial score (nSPS) is 20.8. The first-order chi connectivity index (χ1) is 4.83. The lowest BCUT2D eigenvalue weighted by Gasteiger charge is -2.20. The van der Waals surface area contributed by atoms with Gasteiger partial charge in [-0.3, -0.25) is 4.90 Å². The van der Waals surface area contributed by atoms with E-state index in [1.54, 1.807) is 0 Å². The van der Waals surface area contributed by atoms with E-state index in [0.717, 1.165) is 32.7 Å². The Bertz CT molecular complexity index is 131. The molecular formula is C7H16N3+. The van der Waals surface area contributed by atoms with Gasteiger partial charge in [-0.2, -0.15) is 0 Å². The van der Waals surface area contributed by atoms with E-state index in [2.05, 4.69) is 22.7 Å². The Balaban J connectivity index is 2.27. The van der Waals surface area contributed by atoms with Crippen LogP contribution in [0.2, 0.25) is 0 Å². The summed E-state index contributed by atoms with van der Waals surface area (Å²) >= 11 is 0. The van der Waals surface area contributed by atoms with Gasteiger partial charge in [0, 0.05) is 13.1 Å². The van der Waals surface area contributed by atoms with Crippen LogP contribution in [0, 0.1) is 0 Å². The fourth-order valence-electron chi connectivity index (χ4n) is 1.12. The van der Waals surface area contributed by atoms with Gasteiger partial charge >= 0.3 is 0 Å². The van der Waals surface area contributed by atoms with Crippen molar-refractivity contribution in [3.05, 3.63) is 0 Å². The molecule has 0 aromatic rings. The number of likely N-dealkylation sites (N-methyl/N-ethyl adjacent to an activating group) is 1. The van der Waals surface area contributed by atoms with Crippen LogP contribution in [0.5, 0.6) is 0 Å². The first-order valence-electron chi connectivity index (χ1n) is 3.79. The zero-order chi connectivity index (χ0) is 7.40. The van der Waals surface area contributed by atoms with Crippen LogP contribution in [-0.2, 0) is 0 Å². The van der Waals surface area contributed by atoms with Gasteiger partial charge in [-0.15, -0.1) is 0 Å². The average Bonchev–Trinajstić information content (AvgIpc) is 1.95. The maximum absolute atomic E-state index is 5.42. The van der Waals surface area contributed by atoms with Gasteiger partial charge in [0.15, 0.2) is 12.8 Å². The van der Waals surface area contributed by atoms with Crippen LogP contribution in [0.1, 0.15) is 0 Å². The topological polar surface area (TPSA) is 32.3 Å². The lowest BCUT2D eigenvalue weighted by molar-refractivity contribution is -0.499. The summed E-state index contributed by atoms with van der Waals surface area (Å²) in [5, 5.41) is 0. The molecule has 0 saturated heterocycles. The Morgan fingerprint density at radius 2 is 2.50 bits per heavy atom. The Hall–Kier alpha value is -0.410. The first-order valence-corrected chi connectivity index (χ1v) is 3.79. The molecule has 0 bridgehead atoms. The van der Waals surface area contributed by atoms with Gasteiger partial charge in [-0.1, -0.05) is 0 Å². The third kappa shape index (κ3) is 2.08. The van der Waals surface area contributed by atoms with E-state index in [1.165, 1.54) is 0 Å². The van der Waals surface area contributed by atoms with Gasteiger partial charge in [0.2, 0.25) is 0 Å². The third-order valence-electron chi connectivity index (χ3n) is 1.87. The SMILES string of the molecule is C[N+]1=CCN(CCN)CC1. The number of nitrogens with two attached hydrogens (primary N) is 1. The van der Waals surface area contributed by atoms with Gasteiger partial charge in [0.05, 0.1) is 13.1 Å². The number of hydrogen-bond donors (Lipinski definition) is 1. The van der Waals surface area contributed by atoms with E-state index in [-0.39, 0.29) is 0 Å². The van der Waals surface area contributed by atoms with Gasteiger partial charge in [-0.05, 0) is 0 Å². The minimum Gasteiger partial charge on any atom is -0.329 e. The van der Waals surface area contributed by atoms with Gasteiger partial charge in [-0.25, -0.2) is 4.58 Å². The molecule has 0 amide bonds. The summed E-state index contributed by atoms with van der Waals surface area (Å²) in [6, 6.07) is 0. The van der Waals surface area contributed by atoms with Crippen LogP contribution in [0.3, 0.4) is 0 Å². The van der Waals surface area contributed by atoms with E-state index >= 15 is 0 Å². The molecule has 2 N–H and O–H groups in total. The van der Waals surface area contributed by atoms with E-state index < -0.39 is 0 Å². The molecule has 0 aromatic heterocycles. The Morgan fingerprint density at radius 1 is 1.70 bits per heavy atom. The molecule has 1 heterocycles. The molecule has 1 rings (SSSR count). The molecular weight excluding hydrogens is 126 g/mol. The predicted molar refractivity (Wildman–Crippen MR) is 42.6 cm³/mol.